The summed E-state index contributed by atoms with van der Waals surface area (Å²) >= 11 is 15.2. The van der Waals surface area contributed by atoms with Crippen molar-refractivity contribution >= 4 is 44.9 Å². The maximum Gasteiger partial charge on any atom is 0.168 e. The monoisotopic (exact) mass is 360 g/mol. The predicted octanol–water partition coefficient (Wildman–Crippen LogP) is 5.32. The van der Waals surface area contributed by atoms with E-state index in [4.69, 9.17) is 23.2 Å². The molecule has 19 heavy (non-hydrogen) atoms. The maximum absolute atomic E-state index is 13.2. The maximum atomic E-state index is 13.2. The van der Waals surface area contributed by atoms with Crippen LogP contribution in [0.25, 0.3) is 0 Å². The number of halogens is 4. The summed E-state index contributed by atoms with van der Waals surface area (Å²) in [7, 11) is 0. The molecule has 0 spiro atoms. The number of ketones is 1. The second-order valence-electron chi connectivity index (χ2n) is 3.92. The van der Waals surface area contributed by atoms with Gasteiger partial charge in [-0.25, -0.2) is 4.39 Å². The van der Waals surface area contributed by atoms with Gasteiger partial charge in [0.1, 0.15) is 5.82 Å². The SMILES string of the molecule is O=C(Cc1c(Cl)cccc1Cl)c1cc(F)ccc1Br. The average molecular weight is 362 g/mol. The Hall–Kier alpha value is -0.900. The van der Waals surface area contributed by atoms with Gasteiger partial charge in [-0.05, 0) is 35.9 Å². The van der Waals surface area contributed by atoms with Crippen LogP contribution in [0.3, 0.4) is 0 Å². The van der Waals surface area contributed by atoms with Gasteiger partial charge in [-0.1, -0.05) is 45.2 Å². The van der Waals surface area contributed by atoms with Gasteiger partial charge in [-0.3, -0.25) is 4.79 Å². The van der Waals surface area contributed by atoms with Gasteiger partial charge in [-0.15, -0.1) is 0 Å². The third-order valence-electron chi connectivity index (χ3n) is 2.63. The van der Waals surface area contributed by atoms with Gasteiger partial charge < -0.3 is 0 Å². The van der Waals surface area contributed by atoms with Crippen LogP contribution in [-0.4, -0.2) is 5.78 Å². The molecule has 0 aliphatic rings. The number of hydrogen-bond acceptors (Lipinski definition) is 1. The lowest BCUT2D eigenvalue weighted by Gasteiger charge is -2.07. The predicted molar refractivity (Wildman–Crippen MR) is 78.6 cm³/mol. The third-order valence-corrected chi connectivity index (χ3v) is 4.03. The average Bonchev–Trinajstić information content (AvgIpc) is 2.37. The highest BCUT2D eigenvalue weighted by molar-refractivity contribution is 9.10. The first-order valence-corrected chi connectivity index (χ1v) is 6.95. The summed E-state index contributed by atoms with van der Waals surface area (Å²) < 4.78 is 13.7. The zero-order chi connectivity index (χ0) is 14.0. The molecule has 2 aromatic carbocycles. The van der Waals surface area contributed by atoms with Crippen molar-refractivity contribution in [1.82, 2.24) is 0 Å². The molecule has 0 saturated heterocycles. The Morgan fingerprint density at radius 3 is 2.42 bits per heavy atom. The summed E-state index contributed by atoms with van der Waals surface area (Å²) in [6.45, 7) is 0. The van der Waals surface area contributed by atoms with Gasteiger partial charge in [0.25, 0.3) is 0 Å². The van der Waals surface area contributed by atoms with Gasteiger partial charge in [0, 0.05) is 26.5 Å². The first kappa shape index (κ1) is 14.5. The minimum atomic E-state index is -0.461. The molecule has 2 rings (SSSR count). The highest BCUT2D eigenvalue weighted by Gasteiger charge is 2.15. The molecule has 0 heterocycles. The van der Waals surface area contributed by atoms with Crippen molar-refractivity contribution in [2.75, 3.05) is 0 Å². The van der Waals surface area contributed by atoms with Crippen molar-refractivity contribution in [2.24, 2.45) is 0 Å². The van der Waals surface area contributed by atoms with Crippen LogP contribution >= 0.6 is 39.1 Å². The Kier molecular flexibility index (Phi) is 4.61. The summed E-state index contributed by atoms with van der Waals surface area (Å²) in [5, 5.41) is 0.849. The Labute approximate surface area is 128 Å². The van der Waals surface area contributed by atoms with Crippen molar-refractivity contribution in [3.05, 3.63) is 67.9 Å². The van der Waals surface area contributed by atoms with Crippen LogP contribution in [-0.2, 0) is 6.42 Å². The molecule has 0 bridgehead atoms. The van der Waals surface area contributed by atoms with Gasteiger partial charge in [0.05, 0.1) is 0 Å². The largest absolute Gasteiger partial charge is 0.294 e. The van der Waals surface area contributed by atoms with E-state index in [-0.39, 0.29) is 17.8 Å². The van der Waals surface area contributed by atoms with E-state index in [0.29, 0.717) is 20.1 Å². The van der Waals surface area contributed by atoms with Crippen molar-refractivity contribution < 1.29 is 9.18 Å². The second-order valence-corrected chi connectivity index (χ2v) is 5.59. The van der Waals surface area contributed by atoms with E-state index in [2.05, 4.69) is 15.9 Å². The van der Waals surface area contributed by atoms with Crippen LogP contribution < -0.4 is 0 Å². The molecular weight excluding hydrogens is 354 g/mol. The standard InChI is InChI=1S/C14H8BrCl2FO/c15-11-5-4-8(18)6-9(11)14(19)7-10-12(16)2-1-3-13(10)17/h1-6H,7H2. The molecule has 0 fully saturated rings. The van der Waals surface area contributed by atoms with Crippen LogP contribution in [0, 0.1) is 5.82 Å². The lowest BCUT2D eigenvalue weighted by molar-refractivity contribution is 0.0992. The summed E-state index contributed by atoms with van der Waals surface area (Å²) in [5.41, 5.74) is 0.822. The molecule has 0 aliphatic heterocycles. The highest BCUT2D eigenvalue weighted by Crippen LogP contribution is 2.27. The van der Waals surface area contributed by atoms with E-state index in [1.165, 1.54) is 18.2 Å². The van der Waals surface area contributed by atoms with Crippen molar-refractivity contribution in [3.63, 3.8) is 0 Å². The fraction of sp³-hybridized carbons (Fsp3) is 0.0714. The van der Waals surface area contributed by atoms with Gasteiger partial charge >= 0.3 is 0 Å². The van der Waals surface area contributed by atoms with Gasteiger partial charge in [0.2, 0.25) is 0 Å². The molecule has 98 valence electrons. The summed E-state index contributed by atoms with van der Waals surface area (Å²) in [6, 6.07) is 9.00. The molecule has 0 radical (unpaired) electrons. The molecule has 0 amide bonds. The van der Waals surface area contributed by atoms with E-state index in [0.717, 1.165) is 0 Å². The fourth-order valence-corrected chi connectivity index (χ4v) is 2.67. The quantitative estimate of drug-likeness (QED) is 0.676. The fourth-order valence-electron chi connectivity index (χ4n) is 1.67. The Morgan fingerprint density at radius 2 is 1.79 bits per heavy atom. The van der Waals surface area contributed by atoms with Crippen LogP contribution in [0.1, 0.15) is 15.9 Å². The Morgan fingerprint density at radius 1 is 1.16 bits per heavy atom. The topological polar surface area (TPSA) is 17.1 Å². The van der Waals surface area contributed by atoms with Crippen LogP contribution in [0.15, 0.2) is 40.9 Å². The minimum absolute atomic E-state index is 0.0283. The molecule has 0 saturated carbocycles. The molecule has 0 N–H and O–H groups in total. The molecule has 1 nitrogen and oxygen atoms in total. The van der Waals surface area contributed by atoms with E-state index in [1.54, 1.807) is 18.2 Å². The number of carbonyl (C=O) groups is 1. The van der Waals surface area contributed by atoms with Gasteiger partial charge in [0.15, 0.2) is 5.78 Å². The molecule has 0 aliphatic carbocycles. The summed E-state index contributed by atoms with van der Waals surface area (Å²) in [5.74, 6) is -0.710. The lowest BCUT2D eigenvalue weighted by Crippen LogP contribution is -2.06. The van der Waals surface area contributed by atoms with Crippen molar-refractivity contribution in [2.45, 2.75) is 6.42 Å². The number of hydrogen-bond donors (Lipinski definition) is 0. The Bertz CT molecular complexity index is 623. The Balaban J connectivity index is 2.34. The number of benzene rings is 2. The first-order valence-electron chi connectivity index (χ1n) is 5.40. The van der Waals surface area contributed by atoms with Crippen LogP contribution in [0.4, 0.5) is 4.39 Å². The number of Topliss-reactive ketones (excluding diaryl/α,β-unsaturated/α-hetero) is 1. The lowest BCUT2D eigenvalue weighted by atomic mass is 10.0. The molecular formula is C14H8BrCl2FO. The van der Waals surface area contributed by atoms with E-state index in [1.807, 2.05) is 0 Å². The molecule has 0 unspecified atom stereocenters. The molecule has 2 aromatic rings. The van der Waals surface area contributed by atoms with Crippen LogP contribution in [0.2, 0.25) is 10.0 Å². The summed E-state index contributed by atoms with van der Waals surface area (Å²) in [4.78, 5) is 12.2. The third kappa shape index (κ3) is 3.35. The van der Waals surface area contributed by atoms with Crippen molar-refractivity contribution in [3.8, 4) is 0 Å². The minimum Gasteiger partial charge on any atom is -0.294 e. The van der Waals surface area contributed by atoms with Crippen molar-refractivity contribution in [1.29, 1.82) is 0 Å². The normalized spacial score (nSPS) is 10.5. The zero-order valence-electron chi connectivity index (χ0n) is 9.59. The van der Waals surface area contributed by atoms with E-state index >= 15 is 0 Å². The van der Waals surface area contributed by atoms with E-state index < -0.39 is 5.82 Å². The number of rotatable bonds is 3. The van der Waals surface area contributed by atoms with Gasteiger partial charge in [-0.2, -0.15) is 0 Å². The van der Waals surface area contributed by atoms with E-state index in [9.17, 15) is 9.18 Å². The highest BCUT2D eigenvalue weighted by atomic mass is 79.9. The summed E-state index contributed by atoms with van der Waals surface area (Å²) in [6.07, 6.45) is 0.0283. The smallest absolute Gasteiger partial charge is 0.168 e. The number of carbonyl (C=O) groups excluding carboxylic acids is 1. The first-order chi connectivity index (χ1) is 8.99. The van der Waals surface area contributed by atoms with Crippen LogP contribution in [0.5, 0.6) is 0 Å². The zero-order valence-corrected chi connectivity index (χ0v) is 12.7. The molecule has 0 atom stereocenters. The molecule has 0 aromatic heterocycles. The second kappa shape index (κ2) is 6.04. The molecule has 5 heteroatoms.